The van der Waals surface area contributed by atoms with Gasteiger partial charge < -0.3 is 10.6 Å². The van der Waals surface area contributed by atoms with E-state index in [1.807, 2.05) is 4.90 Å². The summed E-state index contributed by atoms with van der Waals surface area (Å²) in [6.45, 7) is 2.34. The van der Waals surface area contributed by atoms with Crippen molar-refractivity contribution in [1.82, 2.24) is 4.90 Å². The molecule has 2 rings (SSSR count). The molecule has 1 aliphatic heterocycles. The van der Waals surface area contributed by atoms with Crippen LogP contribution in [0.1, 0.15) is 23.2 Å². The number of likely N-dealkylation sites (tertiary alicyclic amines) is 1. The molecule has 0 spiro atoms. The van der Waals surface area contributed by atoms with E-state index in [9.17, 15) is 4.79 Å². The summed E-state index contributed by atoms with van der Waals surface area (Å²) in [7, 11) is 0. The molecule has 1 fully saturated rings. The van der Waals surface area contributed by atoms with E-state index in [4.69, 9.17) is 17.3 Å². The summed E-state index contributed by atoms with van der Waals surface area (Å²) in [6, 6.07) is 7.06. The zero-order valence-corrected chi connectivity index (χ0v) is 11.7. The van der Waals surface area contributed by atoms with E-state index >= 15 is 0 Å². The van der Waals surface area contributed by atoms with Crippen molar-refractivity contribution in [2.24, 2.45) is 11.7 Å². The summed E-state index contributed by atoms with van der Waals surface area (Å²) in [6.07, 6.45) is 2.02. The molecule has 0 bridgehead atoms. The van der Waals surface area contributed by atoms with Gasteiger partial charge in [-0.2, -0.15) is 0 Å². The Balaban J connectivity index is 0.00000162. The first kappa shape index (κ1) is 15.3. The summed E-state index contributed by atoms with van der Waals surface area (Å²) in [5.74, 6) is 0.668. The molecule has 1 saturated heterocycles. The predicted octanol–water partition coefficient (Wildman–Crippen LogP) is 2.57. The number of hydrogen-bond donors (Lipinski definition) is 1. The summed E-state index contributed by atoms with van der Waals surface area (Å²) >= 11 is 5.80. The Morgan fingerprint density at radius 3 is 2.33 bits per heavy atom. The van der Waals surface area contributed by atoms with Crippen LogP contribution in [0.15, 0.2) is 24.3 Å². The number of nitrogens with two attached hydrogens (primary N) is 1. The molecule has 0 aromatic heterocycles. The molecule has 5 heteroatoms. The van der Waals surface area contributed by atoms with Crippen molar-refractivity contribution in [2.75, 3.05) is 19.6 Å². The van der Waals surface area contributed by atoms with Gasteiger partial charge in [0.1, 0.15) is 0 Å². The minimum Gasteiger partial charge on any atom is -0.339 e. The molecule has 1 amide bonds. The Bertz CT molecular complexity index is 386. The van der Waals surface area contributed by atoms with Crippen molar-refractivity contribution < 1.29 is 4.79 Å². The summed E-state index contributed by atoms with van der Waals surface area (Å²) < 4.78 is 0. The van der Waals surface area contributed by atoms with Gasteiger partial charge in [0.15, 0.2) is 0 Å². The van der Waals surface area contributed by atoms with E-state index in [0.29, 0.717) is 16.5 Å². The molecule has 18 heavy (non-hydrogen) atoms. The van der Waals surface area contributed by atoms with E-state index in [1.54, 1.807) is 24.3 Å². The fraction of sp³-hybridized carbons (Fsp3) is 0.462. The molecule has 0 atom stereocenters. The monoisotopic (exact) mass is 288 g/mol. The summed E-state index contributed by atoms with van der Waals surface area (Å²) in [4.78, 5) is 14.1. The van der Waals surface area contributed by atoms with Crippen molar-refractivity contribution in [1.29, 1.82) is 0 Å². The van der Waals surface area contributed by atoms with Crippen molar-refractivity contribution in [3.8, 4) is 0 Å². The normalized spacial score (nSPS) is 16.2. The van der Waals surface area contributed by atoms with Crippen LogP contribution in [0.4, 0.5) is 0 Å². The maximum absolute atomic E-state index is 12.2. The lowest BCUT2D eigenvalue weighted by atomic mass is 9.96. The molecule has 2 N–H and O–H groups in total. The van der Waals surface area contributed by atoms with Crippen LogP contribution in [0.3, 0.4) is 0 Å². The number of halogens is 2. The molecular formula is C13H18Cl2N2O. The van der Waals surface area contributed by atoms with E-state index in [0.717, 1.165) is 32.5 Å². The lowest BCUT2D eigenvalue weighted by Crippen LogP contribution is -2.40. The number of hydrogen-bond acceptors (Lipinski definition) is 2. The Morgan fingerprint density at radius 2 is 1.83 bits per heavy atom. The number of benzene rings is 1. The first-order chi connectivity index (χ1) is 8.20. The second-order valence-corrected chi connectivity index (χ2v) is 4.91. The number of nitrogens with zero attached hydrogens (tertiary/aromatic N) is 1. The van der Waals surface area contributed by atoms with Crippen LogP contribution in [0.2, 0.25) is 5.02 Å². The third kappa shape index (κ3) is 3.61. The molecule has 100 valence electrons. The quantitative estimate of drug-likeness (QED) is 0.909. The third-order valence-electron chi connectivity index (χ3n) is 3.33. The van der Waals surface area contributed by atoms with Gasteiger partial charge >= 0.3 is 0 Å². The van der Waals surface area contributed by atoms with E-state index in [-0.39, 0.29) is 18.3 Å². The van der Waals surface area contributed by atoms with Gasteiger partial charge in [0.25, 0.3) is 5.91 Å². The Kier molecular flexibility index (Phi) is 5.93. The van der Waals surface area contributed by atoms with Crippen LogP contribution in [0.5, 0.6) is 0 Å². The lowest BCUT2D eigenvalue weighted by molar-refractivity contribution is 0.0693. The number of rotatable bonds is 2. The molecule has 0 saturated carbocycles. The Labute approximate surface area is 119 Å². The minimum absolute atomic E-state index is 0. The van der Waals surface area contributed by atoms with Crippen LogP contribution < -0.4 is 5.73 Å². The molecule has 1 aromatic rings. The fourth-order valence-corrected chi connectivity index (χ4v) is 2.27. The van der Waals surface area contributed by atoms with Gasteiger partial charge in [-0.15, -0.1) is 12.4 Å². The molecule has 0 unspecified atom stereocenters. The Hall–Kier alpha value is -0.770. The van der Waals surface area contributed by atoms with Crippen molar-refractivity contribution >= 4 is 29.9 Å². The highest BCUT2D eigenvalue weighted by molar-refractivity contribution is 6.30. The minimum atomic E-state index is 0. The number of piperidine rings is 1. The maximum atomic E-state index is 12.2. The van der Waals surface area contributed by atoms with Gasteiger partial charge in [0.2, 0.25) is 0 Å². The Morgan fingerprint density at radius 1 is 1.28 bits per heavy atom. The standard InChI is InChI=1S/C13H17ClN2O.ClH/c14-12-3-1-11(2-4-12)13(17)16-7-5-10(9-15)6-8-16;/h1-4,10H,5-9,15H2;1H. The highest BCUT2D eigenvalue weighted by atomic mass is 35.5. The van der Waals surface area contributed by atoms with E-state index < -0.39 is 0 Å². The van der Waals surface area contributed by atoms with Gasteiger partial charge in [0.05, 0.1) is 0 Å². The highest BCUT2D eigenvalue weighted by Gasteiger charge is 2.22. The second kappa shape index (κ2) is 6.98. The molecule has 3 nitrogen and oxygen atoms in total. The molecule has 1 heterocycles. The highest BCUT2D eigenvalue weighted by Crippen LogP contribution is 2.18. The van der Waals surface area contributed by atoms with Crippen LogP contribution in [0.25, 0.3) is 0 Å². The molecular weight excluding hydrogens is 271 g/mol. The van der Waals surface area contributed by atoms with Gasteiger partial charge in [-0.3, -0.25) is 4.79 Å². The third-order valence-corrected chi connectivity index (χ3v) is 3.58. The van der Waals surface area contributed by atoms with E-state index in [1.165, 1.54) is 0 Å². The lowest BCUT2D eigenvalue weighted by Gasteiger charge is -2.31. The maximum Gasteiger partial charge on any atom is 0.253 e. The van der Waals surface area contributed by atoms with Crippen molar-refractivity contribution in [2.45, 2.75) is 12.8 Å². The predicted molar refractivity (Wildman–Crippen MR) is 76.4 cm³/mol. The number of amides is 1. The summed E-state index contributed by atoms with van der Waals surface area (Å²) in [5.41, 5.74) is 6.34. The zero-order chi connectivity index (χ0) is 12.3. The van der Waals surface area contributed by atoms with Gasteiger partial charge in [-0.05, 0) is 49.6 Å². The number of carbonyl (C=O) groups is 1. The molecule has 1 aliphatic rings. The van der Waals surface area contributed by atoms with Gasteiger partial charge in [-0.1, -0.05) is 11.6 Å². The second-order valence-electron chi connectivity index (χ2n) is 4.48. The average molecular weight is 289 g/mol. The van der Waals surface area contributed by atoms with Crippen LogP contribution in [-0.2, 0) is 0 Å². The van der Waals surface area contributed by atoms with Crippen LogP contribution >= 0.6 is 24.0 Å². The smallest absolute Gasteiger partial charge is 0.253 e. The molecule has 0 radical (unpaired) electrons. The van der Waals surface area contributed by atoms with Crippen LogP contribution in [0, 0.1) is 5.92 Å². The first-order valence-electron chi connectivity index (χ1n) is 5.95. The summed E-state index contributed by atoms with van der Waals surface area (Å²) in [5, 5.41) is 0.656. The average Bonchev–Trinajstić information content (AvgIpc) is 2.39. The van der Waals surface area contributed by atoms with Crippen molar-refractivity contribution in [3.63, 3.8) is 0 Å². The first-order valence-corrected chi connectivity index (χ1v) is 6.33. The van der Waals surface area contributed by atoms with E-state index in [2.05, 4.69) is 0 Å². The SMILES string of the molecule is Cl.NCC1CCN(C(=O)c2ccc(Cl)cc2)CC1. The molecule has 1 aromatic carbocycles. The zero-order valence-electron chi connectivity index (χ0n) is 10.1. The van der Waals surface area contributed by atoms with Crippen LogP contribution in [-0.4, -0.2) is 30.4 Å². The molecule has 0 aliphatic carbocycles. The van der Waals surface area contributed by atoms with Crippen molar-refractivity contribution in [3.05, 3.63) is 34.9 Å². The largest absolute Gasteiger partial charge is 0.339 e. The number of carbonyl (C=O) groups excluding carboxylic acids is 1. The topological polar surface area (TPSA) is 46.3 Å². The van der Waals surface area contributed by atoms with Gasteiger partial charge in [-0.25, -0.2) is 0 Å². The fourth-order valence-electron chi connectivity index (χ4n) is 2.15. The van der Waals surface area contributed by atoms with Gasteiger partial charge in [0, 0.05) is 23.7 Å².